The predicted octanol–water partition coefficient (Wildman–Crippen LogP) is 2.08. The second-order valence-corrected chi connectivity index (χ2v) is 11.8. The van der Waals surface area contributed by atoms with E-state index in [4.69, 9.17) is 0 Å². The summed E-state index contributed by atoms with van der Waals surface area (Å²) in [5.74, 6) is -2.19. The molecule has 2 aromatic rings. The lowest BCUT2D eigenvalue weighted by atomic mass is 9.88. The molecule has 4 N–H and O–H groups in total. The molecule has 0 aliphatic carbocycles. The van der Waals surface area contributed by atoms with Crippen LogP contribution < -0.4 is 21.3 Å². The molecule has 0 bridgehead atoms. The quantitative estimate of drug-likeness (QED) is 0.123. The number of hydrogen-bond acceptors (Lipinski definition) is 9. The lowest BCUT2D eigenvalue weighted by molar-refractivity contribution is -0.136. The second-order valence-electron chi connectivity index (χ2n) is 10.7. The maximum Gasteiger partial charge on any atom is 0.264 e. The van der Waals surface area contributed by atoms with Crippen molar-refractivity contribution in [2.75, 3.05) is 43.9 Å². The third kappa shape index (κ3) is 6.73. The van der Waals surface area contributed by atoms with Gasteiger partial charge in [-0.15, -0.1) is 0 Å². The molecule has 13 heteroatoms. The maximum absolute atomic E-state index is 13.5. The molecule has 2 saturated heterocycles. The molecule has 11 nitrogen and oxygen atoms in total. The van der Waals surface area contributed by atoms with Crippen LogP contribution in [0, 0.1) is 11.7 Å². The van der Waals surface area contributed by atoms with Crippen molar-refractivity contribution in [1.82, 2.24) is 25.2 Å². The lowest BCUT2D eigenvalue weighted by Crippen LogP contribution is -2.54. The smallest absolute Gasteiger partial charge is 0.264 e. The van der Waals surface area contributed by atoms with Crippen molar-refractivity contribution in [3.8, 4) is 0 Å². The van der Waals surface area contributed by atoms with Crippen LogP contribution in [0.1, 0.15) is 58.4 Å². The number of halogens is 1. The van der Waals surface area contributed by atoms with Gasteiger partial charge in [0.15, 0.2) is 0 Å². The molecule has 5 rings (SSSR count). The number of anilines is 1. The van der Waals surface area contributed by atoms with Crippen LogP contribution in [-0.2, 0) is 14.4 Å². The van der Waals surface area contributed by atoms with Gasteiger partial charge in [0.05, 0.1) is 22.9 Å². The fraction of sp³-hybridized carbons (Fsp3) is 0.433. The Morgan fingerprint density at radius 2 is 1.84 bits per heavy atom. The van der Waals surface area contributed by atoms with Crippen molar-refractivity contribution in [3.63, 3.8) is 0 Å². The minimum Gasteiger partial charge on any atom is -0.384 e. The average Bonchev–Trinajstić information content (AvgIpc) is 3.53. The molecule has 3 atom stereocenters. The molecule has 0 spiro atoms. The van der Waals surface area contributed by atoms with Crippen LogP contribution in [0.25, 0.3) is 0 Å². The zero-order chi connectivity index (χ0) is 30.5. The van der Waals surface area contributed by atoms with Crippen LogP contribution in [0.15, 0.2) is 42.5 Å². The van der Waals surface area contributed by atoms with Gasteiger partial charge in [0.1, 0.15) is 11.9 Å². The SMILES string of the molecule is CCNCSN1CC(C(=O)NCCCNc2cccc3c2C(=O)N(C2CCC(=O)NC2=O)C3=O)C(c2ccc(F)cc2)C1. The third-order valence-electron chi connectivity index (χ3n) is 7.96. The van der Waals surface area contributed by atoms with Gasteiger partial charge in [0, 0.05) is 44.2 Å². The Kier molecular flexibility index (Phi) is 9.73. The number of carbonyl (C=O) groups excluding carboxylic acids is 5. The standard InChI is InChI=1S/C30H35FN6O5S/c1-2-32-17-43-36-15-21(18-7-9-19(31)10-8-18)22(16-36)27(39)34-14-4-13-33-23-6-3-5-20-26(23)30(42)37(29(20)41)24-11-12-25(38)35-28(24)40/h3,5-10,21-22,24,32-33H,2,4,11-17H2,1H3,(H,34,39)(H,35,38,40). The van der Waals surface area contributed by atoms with Crippen LogP contribution in [0.2, 0.25) is 0 Å². The Balaban J connectivity index is 1.16. The predicted molar refractivity (Wildman–Crippen MR) is 160 cm³/mol. The first kappa shape index (κ1) is 30.6. The van der Waals surface area contributed by atoms with Crippen molar-refractivity contribution >= 4 is 47.2 Å². The number of hydrogen-bond donors (Lipinski definition) is 4. The van der Waals surface area contributed by atoms with Crippen LogP contribution in [-0.4, -0.2) is 83.4 Å². The highest BCUT2D eigenvalue weighted by Crippen LogP contribution is 2.36. The van der Waals surface area contributed by atoms with Gasteiger partial charge in [-0.1, -0.05) is 37.1 Å². The van der Waals surface area contributed by atoms with Gasteiger partial charge in [-0.05, 0) is 49.2 Å². The van der Waals surface area contributed by atoms with E-state index in [1.165, 1.54) is 12.1 Å². The van der Waals surface area contributed by atoms with Gasteiger partial charge in [-0.2, -0.15) is 0 Å². The van der Waals surface area contributed by atoms with Crippen molar-refractivity contribution in [3.05, 3.63) is 65.0 Å². The molecule has 3 heterocycles. The number of nitrogens with zero attached hydrogens (tertiary/aromatic N) is 2. The first-order valence-electron chi connectivity index (χ1n) is 14.5. The number of nitrogens with one attached hydrogen (secondary N) is 4. The highest BCUT2D eigenvalue weighted by atomic mass is 32.2. The molecule has 2 fully saturated rings. The largest absolute Gasteiger partial charge is 0.384 e. The van der Waals surface area contributed by atoms with Crippen LogP contribution in [0.3, 0.4) is 0 Å². The molecule has 43 heavy (non-hydrogen) atoms. The van der Waals surface area contributed by atoms with Crippen LogP contribution >= 0.6 is 11.9 Å². The first-order valence-corrected chi connectivity index (χ1v) is 15.4. The fourth-order valence-electron chi connectivity index (χ4n) is 5.74. The van der Waals surface area contributed by atoms with Crippen molar-refractivity contribution in [1.29, 1.82) is 0 Å². The number of piperidine rings is 1. The number of imide groups is 2. The third-order valence-corrected chi connectivity index (χ3v) is 8.95. The van der Waals surface area contributed by atoms with E-state index in [2.05, 4.69) is 25.6 Å². The van der Waals surface area contributed by atoms with Crippen LogP contribution in [0.4, 0.5) is 10.1 Å². The fourth-order valence-corrected chi connectivity index (χ4v) is 6.75. The van der Waals surface area contributed by atoms with E-state index in [1.807, 2.05) is 6.92 Å². The summed E-state index contributed by atoms with van der Waals surface area (Å²) in [4.78, 5) is 64.4. The van der Waals surface area contributed by atoms with Gasteiger partial charge in [-0.3, -0.25) is 34.2 Å². The summed E-state index contributed by atoms with van der Waals surface area (Å²) in [5, 5.41) is 11.7. The Hall–Kier alpha value is -3.81. The van der Waals surface area contributed by atoms with E-state index in [0.29, 0.717) is 38.3 Å². The summed E-state index contributed by atoms with van der Waals surface area (Å²) in [6.45, 7) is 4.98. The molecule has 0 radical (unpaired) electrons. The first-order chi connectivity index (χ1) is 20.8. The Morgan fingerprint density at radius 1 is 1.05 bits per heavy atom. The summed E-state index contributed by atoms with van der Waals surface area (Å²) in [7, 11) is 0. The zero-order valence-electron chi connectivity index (χ0n) is 23.9. The van der Waals surface area contributed by atoms with E-state index in [-0.39, 0.29) is 47.5 Å². The monoisotopic (exact) mass is 610 g/mol. The number of amides is 5. The van der Waals surface area contributed by atoms with Gasteiger partial charge in [-0.25, -0.2) is 8.70 Å². The van der Waals surface area contributed by atoms with E-state index >= 15 is 0 Å². The molecular weight excluding hydrogens is 575 g/mol. The average molecular weight is 611 g/mol. The van der Waals surface area contributed by atoms with Gasteiger partial charge < -0.3 is 16.0 Å². The zero-order valence-corrected chi connectivity index (χ0v) is 24.7. The van der Waals surface area contributed by atoms with Crippen molar-refractivity contribution in [2.24, 2.45) is 5.92 Å². The summed E-state index contributed by atoms with van der Waals surface area (Å²) in [6, 6.07) is 10.2. The Bertz CT molecular complexity index is 1410. The van der Waals surface area contributed by atoms with Crippen molar-refractivity contribution < 1.29 is 28.4 Å². The number of rotatable bonds is 12. The summed E-state index contributed by atoms with van der Waals surface area (Å²) in [5.41, 5.74) is 1.80. The van der Waals surface area contributed by atoms with E-state index in [9.17, 15) is 28.4 Å². The normalized spacial score (nSPS) is 22.1. The molecule has 3 aliphatic heterocycles. The molecule has 3 aliphatic rings. The molecular formula is C30H35FN6O5S. The Morgan fingerprint density at radius 3 is 2.58 bits per heavy atom. The summed E-state index contributed by atoms with van der Waals surface area (Å²) < 4.78 is 15.7. The number of fused-ring (bicyclic) bond motifs is 1. The van der Waals surface area contributed by atoms with E-state index < -0.39 is 29.7 Å². The Labute approximate surface area is 253 Å². The number of carbonyl (C=O) groups is 5. The number of benzene rings is 2. The molecule has 0 saturated carbocycles. The highest BCUT2D eigenvalue weighted by Gasteiger charge is 2.45. The van der Waals surface area contributed by atoms with E-state index in [1.54, 1.807) is 42.3 Å². The molecule has 228 valence electrons. The minimum absolute atomic E-state index is 0.0546. The topological polar surface area (TPSA) is 140 Å². The summed E-state index contributed by atoms with van der Waals surface area (Å²) in [6.07, 6.45) is 0.702. The minimum atomic E-state index is -1.03. The van der Waals surface area contributed by atoms with Gasteiger partial charge >= 0.3 is 0 Å². The van der Waals surface area contributed by atoms with Gasteiger partial charge in [0.25, 0.3) is 11.8 Å². The second kappa shape index (κ2) is 13.7. The van der Waals surface area contributed by atoms with Crippen molar-refractivity contribution in [2.45, 2.75) is 38.1 Å². The lowest BCUT2D eigenvalue weighted by Gasteiger charge is -2.27. The maximum atomic E-state index is 13.5. The molecule has 5 amide bonds. The molecule has 3 unspecified atom stereocenters. The van der Waals surface area contributed by atoms with Crippen LogP contribution in [0.5, 0.6) is 0 Å². The van der Waals surface area contributed by atoms with Gasteiger partial charge in [0.2, 0.25) is 17.7 Å². The molecule has 2 aromatic carbocycles. The summed E-state index contributed by atoms with van der Waals surface area (Å²) >= 11 is 1.65. The highest BCUT2D eigenvalue weighted by molar-refractivity contribution is 7.96. The van der Waals surface area contributed by atoms with E-state index in [0.717, 1.165) is 22.9 Å². The molecule has 0 aromatic heterocycles.